The number of thioether (sulfide) groups is 1. The van der Waals surface area contributed by atoms with Gasteiger partial charge >= 0.3 is 0 Å². The number of nitrogens with zero attached hydrogens (tertiary/aromatic N) is 2. The molecule has 0 radical (unpaired) electrons. The monoisotopic (exact) mass is 403 g/mol. The molecule has 1 amide bonds. The zero-order valence-electron chi connectivity index (χ0n) is 14.6. The van der Waals surface area contributed by atoms with E-state index in [-0.39, 0.29) is 5.91 Å². The number of thiophene rings is 2. The van der Waals surface area contributed by atoms with Crippen molar-refractivity contribution in [2.24, 2.45) is 0 Å². The van der Waals surface area contributed by atoms with E-state index in [1.807, 2.05) is 17.0 Å². The summed E-state index contributed by atoms with van der Waals surface area (Å²) in [6.07, 6.45) is 3.46. The van der Waals surface area contributed by atoms with Gasteiger partial charge in [0.2, 0.25) is 5.91 Å². The summed E-state index contributed by atoms with van der Waals surface area (Å²) >= 11 is 4.89. The number of nitrogens with one attached hydrogen (secondary N) is 1. The van der Waals surface area contributed by atoms with E-state index in [0.717, 1.165) is 40.8 Å². The van der Waals surface area contributed by atoms with Crippen LogP contribution >= 0.6 is 34.4 Å². The van der Waals surface area contributed by atoms with Gasteiger partial charge in [-0.05, 0) is 49.1 Å². The summed E-state index contributed by atoms with van der Waals surface area (Å²) in [5.74, 6) is 0.653. The second-order valence-electron chi connectivity index (χ2n) is 6.44. The van der Waals surface area contributed by atoms with Gasteiger partial charge in [0, 0.05) is 12.6 Å². The fraction of sp³-hybridized carbons (Fsp3) is 0.368. The van der Waals surface area contributed by atoms with Gasteiger partial charge in [-0.2, -0.15) is 0 Å². The molecule has 1 aliphatic rings. The molecule has 4 heterocycles. The lowest BCUT2D eigenvalue weighted by molar-refractivity contribution is -0.131. The number of imidazole rings is 1. The number of piperidine rings is 1. The highest BCUT2D eigenvalue weighted by molar-refractivity contribution is 7.99. The molecule has 7 heteroatoms. The first kappa shape index (κ1) is 17.8. The summed E-state index contributed by atoms with van der Waals surface area (Å²) < 4.78 is 0. The minimum Gasteiger partial charge on any atom is -0.339 e. The van der Waals surface area contributed by atoms with Crippen LogP contribution < -0.4 is 0 Å². The van der Waals surface area contributed by atoms with E-state index in [0.29, 0.717) is 11.8 Å². The number of likely N-dealkylation sites (tertiary alicyclic amines) is 1. The quantitative estimate of drug-likeness (QED) is 0.584. The Bertz CT molecular complexity index is 803. The maximum absolute atomic E-state index is 12.6. The zero-order valence-corrected chi connectivity index (χ0v) is 17.1. The Morgan fingerprint density at radius 1 is 1.27 bits per heavy atom. The molecule has 4 nitrogen and oxygen atoms in total. The van der Waals surface area contributed by atoms with Crippen LogP contribution in [0.4, 0.5) is 0 Å². The van der Waals surface area contributed by atoms with Gasteiger partial charge in [-0.3, -0.25) is 4.79 Å². The molecule has 3 aromatic rings. The first-order valence-corrected chi connectivity index (χ1v) is 11.6. The van der Waals surface area contributed by atoms with E-state index >= 15 is 0 Å². The molecule has 1 N–H and O–H groups in total. The molecule has 1 atom stereocenters. The van der Waals surface area contributed by atoms with Crippen LogP contribution in [0.15, 0.2) is 40.2 Å². The molecular formula is C19H21N3OS3. The van der Waals surface area contributed by atoms with Gasteiger partial charge in [-0.15, -0.1) is 22.7 Å². The number of rotatable bonds is 5. The number of carbonyl (C=O) groups excluding carboxylic acids is 1. The fourth-order valence-electron chi connectivity index (χ4n) is 3.29. The molecule has 0 saturated carbocycles. The van der Waals surface area contributed by atoms with Crippen LogP contribution in [0.1, 0.15) is 26.2 Å². The standard InChI is InChI=1S/C19H21N3OS3/c1-13-6-2-3-9-22(13)16(23)12-26-19-20-17(14-7-4-10-24-14)18(21-19)15-8-5-11-25-15/h4-5,7-8,10-11,13H,2-3,6,9,12H2,1H3,(H,20,21). The van der Waals surface area contributed by atoms with Crippen LogP contribution in [0.3, 0.4) is 0 Å². The molecule has 4 rings (SSSR count). The topological polar surface area (TPSA) is 49.0 Å². The average molecular weight is 404 g/mol. The van der Waals surface area contributed by atoms with E-state index in [9.17, 15) is 4.79 Å². The normalized spacial score (nSPS) is 17.6. The molecule has 0 aromatic carbocycles. The molecule has 1 saturated heterocycles. The third kappa shape index (κ3) is 3.75. The first-order chi connectivity index (χ1) is 12.7. The van der Waals surface area contributed by atoms with Crippen molar-refractivity contribution in [3.8, 4) is 21.1 Å². The van der Waals surface area contributed by atoms with Crippen LogP contribution in [0, 0.1) is 0 Å². The summed E-state index contributed by atoms with van der Waals surface area (Å²) in [5.41, 5.74) is 2.02. The summed E-state index contributed by atoms with van der Waals surface area (Å²) in [5, 5.41) is 4.95. The Labute approximate surface area is 165 Å². The Kier molecular flexibility index (Phi) is 5.47. The number of carbonyl (C=O) groups is 1. The highest BCUT2D eigenvalue weighted by atomic mass is 32.2. The van der Waals surface area contributed by atoms with Crippen molar-refractivity contribution in [3.63, 3.8) is 0 Å². The summed E-state index contributed by atoms with van der Waals surface area (Å²) in [6, 6.07) is 8.64. The molecule has 26 heavy (non-hydrogen) atoms. The maximum atomic E-state index is 12.6. The Morgan fingerprint density at radius 3 is 2.73 bits per heavy atom. The molecule has 1 unspecified atom stereocenters. The fourth-order valence-corrected chi connectivity index (χ4v) is 5.49. The van der Waals surface area contributed by atoms with Gasteiger partial charge in [0.05, 0.1) is 21.2 Å². The number of aromatic amines is 1. The SMILES string of the molecule is CC1CCCCN1C(=O)CSc1nc(-c2cccs2)c(-c2cccs2)[nH]1. The first-order valence-electron chi connectivity index (χ1n) is 8.82. The molecule has 0 spiro atoms. The van der Waals surface area contributed by atoms with E-state index in [2.05, 4.69) is 34.8 Å². The molecule has 0 aliphatic carbocycles. The van der Waals surface area contributed by atoms with Gasteiger partial charge in [-0.25, -0.2) is 4.98 Å². The van der Waals surface area contributed by atoms with Crippen molar-refractivity contribution in [2.45, 2.75) is 37.4 Å². The van der Waals surface area contributed by atoms with E-state index in [4.69, 9.17) is 4.98 Å². The van der Waals surface area contributed by atoms with Crippen molar-refractivity contribution in [1.29, 1.82) is 0 Å². The van der Waals surface area contributed by atoms with E-state index < -0.39 is 0 Å². The minimum absolute atomic E-state index is 0.217. The van der Waals surface area contributed by atoms with Gasteiger partial charge < -0.3 is 9.88 Å². The van der Waals surface area contributed by atoms with Crippen molar-refractivity contribution < 1.29 is 4.79 Å². The Hall–Kier alpha value is -1.57. The number of H-pyrrole nitrogens is 1. The van der Waals surface area contributed by atoms with Crippen molar-refractivity contribution in [1.82, 2.24) is 14.9 Å². The van der Waals surface area contributed by atoms with Crippen molar-refractivity contribution in [2.75, 3.05) is 12.3 Å². The van der Waals surface area contributed by atoms with Crippen LogP contribution in [-0.2, 0) is 4.79 Å². The van der Waals surface area contributed by atoms with Crippen LogP contribution in [0.2, 0.25) is 0 Å². The van der Waals surface area contributed by atoms with Gasteiger partial charge in [-0.1, -0.05) is 23.9 Å². The van der Waals surface area contributed by atoms with Gasteiger partial charge in [0.15, 0.2) is 5.16 Å². The van der Waals surface area contributed by atoms with Crippen LogP contribution in [0.5, 0.6) is 0 Å². The molecule has 1 aliphatic heterocycles. The maximum Gasteiger partial charge on any atom is 0.233 e. The number of amides is 1. The van der Waals surface area contributed by atoms with E-state index in [1.165, 1.54) is 23.1 Å². The third-order valence-electron chi connectivity index (χ3n) is 4.66. The minimum atomic E-state index is 0.217. The highest BCUT2D eigenvalue weighted by Gasteiger charge is 2.24. The van der Waals surface area contributed by atoms with Gasteiger partial charge in [0.1, 0.15) is 5.69 Å². The summed E-state index contributed by atoms with van der Waals surface area (Å²) in [4.78, 5) is 25.2. The average Bonchev–Trinajstić information content (AvgIpc) is 3.40. The predicted octanol–water partition coefficient (Wildman–Crippen LogP) is 5.36. The summed E-state index contributed by atoms with van der Waals surface area (Å²) in [7, 11) is 0. The van der Waals surface area contributed by atoms with Crippen molar-refractivity contribution >= 4 is 40.3 Å². The Morgan fingerprint density at radius 2 is 2.04 bits per heavy atom. The lowest BCUT2D eigenvalue weighted by Crippen LogP contribution is -2.42. The second-order valence-corrected chi connectivity index (χ2v) is 9.30. The lowest BCUT2D eigenvalue weighted by Gasteiger charge is -2.33. The molecule has 0 bridgehead atoms. The third-order valence-corrected chi connectivity index (χ3v) is 7.28. The van der Waals surface area contributed by atoms with Gasteiger partial charge in [0.25, 0.3) is 0 Å². The molecule has 136 valence electrons. The molecule has 3 aromatic heterocycles. The largest absolute Gasteiger partial charge is 0.339 e. The number of aromatic nitrogens is 2. The summed E-state index contributed by atoms with van der Waals surface area (Å²) in [6.45, 7) is 3.04. The number of hydrogen-bond donors (Lipinski definition) is 1. The smallest absolute Gasteiger partial charge is 0.233 e. The van der Waals surface area contributed by atoms with Crippen LogP contribution in [0.25, 0.3) is 21.1 Å². The van der Waals surface area contributed by atoms with E-state index in [1.54, 1.807) is 22.7 Å². The lowest BCUT2D eigenvalue weighted by atomic mass is 10.0. The van der Waals surface area contributed by atoms with Crippen molar-refractivity contribution in [3.05, 3.63) is 35.0 Å². The second kappa shape index (κ2) is 7.98. The number of hydrogen-bond acceptors (Lipinski definition) is 5. The predicted molar refractivity (Wildman–Crippen MR) is 111 cm³/mol. The molecule has 1 fully saturated rings. The van der Waals surface area contributed by atoms with Crippen LogP contribution in [-0.4, -0.2) is 39.1 Å². The molecular weight excluding hydrogens is 382 g/mol. The highest BCUT2D eigenvalue weighted by Crippen LogP contribution is 2.36. The zero-order chi connectivity index (χ0) is 17.9. The Balaban J connectivity index is 1.52.